The van der Waals surface area contributed by atoms with E-state index in [9.17, 15) is 8.42 Å². The monoisotopic (exact) mass is 481 g/mol. The summed E-state index contributed by atoms with van der Waals surface area (Å²) in [4.78, 5) is 4.19. The molecule has 0 saturated carbocycles. The van der Waals surface area contributed by atoms with Crippen molar-refractivity contribution < 1.29 is 8.42 Å². The molecule has 2 unspecified atom stereocenters. The molecule has 0 aliphatic carbocycles. The molecular formula is C18H32IN3O2S. The van der Waals surface area contributed by atoms with Crippen LogP contribution in [-0.2, 0) is 9.84 Å². The fourth-order valence-electron chi connectivity index (χ4n) is 2.19. The summed E-state index contributed by atoms with van der Waals surface area (Å²) in [7, 11) is -1.45. The van der Waals surface area contributed by atoms with Gasteiger partial charge in [-0.15, -0.1) is 24.0 Å². The molecule has 0 aliphatic rings. The van der Waals surface area contributed by atoms with Gasteiger partial charge in [0.15, 0.2) is 15.8 Å². The highest BCUT2D eigenvalue weighted by Crippen LogP contribution is 2.18. The van der Waals surface area contributed by atoms with E-state index in [1.54, 1.807) is 27.8 Å². The van der Waals surface area contributed by atoms with E-state index in [1.807, 2.05) is 18.2 Å². The van der Waals surface area contributed by atoms with E-state index in [4.69, 9.17) is 0 Å². The highest BCUT2D eigenvalue weighted by atomic mass is 127. The van der Waals surface area contributed by atoms with E-state index in [2.05, 4.69) is 41.6 Å². The zero-order chi connectivity index (χ0) is 18.4. The second-order valence-electron chi connectivity index (χ2n) is 7.06. The number of aliphatic imine (C=N–C) groups is 1. The summed E-state index contributed by atoms with van der Waals surface area (Å²) in [6.07, 6.45) is 0. The molecule has 0 aromatic heterocycles. The molecule has 1 aromatic rings. The zero-order valence-electron chi connectivity index (χ0n) is 16.0. The Morgan fingerprint density at radius 1 is 1.16 bits per heavy atom. The number of hydrogen-bond donors (Lipinski definition) is 2. The minimum atomic E-state index is -3.13. The molecule has 0 heterocycles. The summed E-state index contributed by atoms with van der Waals surface area (Å²) < 4.78 is 23.5. The van der Waals surface area contributed by atoms with E-state index in [1.165, 1.54) is 5.56 Å². The summed E-state index contributed by atoms with van der Waals surface area (Å²) in [5.41, 5.74) is 1.25. The Morgan fingerprint density at radius 2 is 1.72 bits per heavy atom. The maximum Gasteiger partial charge on any atom is 0.191 e. The standard InChI is InChI=1S/C18H31N3O2S.HI/c1-14(16-10-8-7-9-11-16)15(2)21-17(19-6)20-12-13-24(22,23)18(3,4)5;/h7-11,14-15H,12-13H2,1-6H3,(H2,19,20,21);1H. The van der Waals surface area contributed by atoms with Crippen molar-refractivity contribution in [3.8, 4) is 0 Å². The first-order valence-electron chi connectivity index (χ1n) is 8.33. The zero-order valence-corrected chi connectivity index (χ0v) is 19.2. The first-order valence-corrected chi connectivity index (χ1v) is 9.98. The Bertz CT molecular complexity index is 640. The van der Waals surface area contributed by atoms with Gasteiger partial charge in [0.05, 0.1) is 10.5 Å². The lowest BCUT2D eigenvalue weighted by Gasteiger charge is -2.24. The number of guanidine groups is 1. The second-order valence-corrected chi connectivity index (χ2v) is 9.93. The minimum absolute atomic E-state index is 0. The molecule has 5 nitrogen and oxygen atoms in total. The molecule has 0 aliphatic heterocycles. The molecule has 0 saturated heterocycles. The van der Waals surface area contributed by atoms with Crippen LogP contribution < -0.4 is 10.6 Å². The van der Waals surface area contributed by atoms with Gasteiger partial charge < -0.3 is 10.6 Å². The fourth-order valence-corrected chi connectivity index (χ4v) is 3.17. The maximum atomic E-state index is 12.1. The quantitative estimate of drug-likeness (QED) is 0.372. The van der Waals surface area contributed by atoms with Crippen LogP contribution in [0.1, 0.15) is 46.1 Å². The number of nitrogens with one attached hydrogen (secondary N) is 2. The normalized spacial score (nSPS) is 15.0. The van der Waals surface area contributed by atoms with Crippen LogP contribution in [0.5, 0.6) is 0 Å². The number of sulfone groups is 1. The van der Waals surface area contributed by atoms with E-state index >= 15 is 0 Å². The van der Waals surface area contributed by atoms with Crippen molar-refractivity contribution in [2.75, 3.05) is 19.3 Å². The Kier molecular flexibility index (Phi) is 10.0. The Labute approximate surface area is 170 Å². The van der Waals surface area contributed by atoms with Gasteiger partial charge in [0, 0.05) is 25.6 Å². The van der Waals surface area contributed by atoms with E-state index in [-0.39, 0.29) is 35.8 Å². The molecule has 25 heavy (non-hydrogen) atoms. The van der Waals surface area contributed by atoms with E-state index < -0.39 is 14.6 Å². The number of rotatable bonds is 6. The first-order chi connectivity index (χ1) is 11.1. The maximum absolute atomic E-state index is 12.1. The molecule has 0 spiro atoms. The van der Waals surface area contributed by atoms with Gasteiger partial charge in [0.1, 0.15) is 0 Å². The molecule has 144 valence electrons. The fraction of sp³-hybridized carbons (Fsp3) is 0.611. The molecule has 7 heteroatoms. The predicted octanol–water partition coefficient (Wildman–Crippen LogP) is 3.17. The van der Waals surface area contributed by atoms with Gasteiger partial charge in [0.25, 0.3) is 0 Å². The summed E-state index contributed by atoms with van der Waals surface area (Å²) in [5.74, 6) is 1.01. The lowest BCUT2D eigenvalue weighted by Crippen LogP contribution is -2.46. The molecule has 1 aromatic carbocycles. The van der Waals surface area contributed by atoms with Crippen LogP contribution in [0.2, 0.25) is 0 Å². The van der Waals surface area contributed by atoms with Crippen LogP contribution >= 0.6 is 24.0 Å². The third-order valence-electron chi connectivity index (χ3n) is 4.26. The number of hydrogen-bond acceptors (Lipinski definition) is 3. The van der Waals surface area contributed by atoms with Crippen LogP contribution in [0, 0.1) is 0 Å². The van der Waals surface area contributed by atoms with E-state index in [0.717, 1.165) is 0 Å². The summed E-state index contributed by atoms with van der Waals surface area (Å²) in [6, 6.07) is 10.4. The molecular weight excluding hydrogens is 449 g/mol. The summed E-state index contributed by atoms with van der Waals surface area (Å²) in [6.45, 7) is 9.75. The second kappa shape index (κ2) is 10.4. The highest BCUT2D eigenvalue weighted by molar-refractivity contribution is 14.0. The third kappa shape index (κ3) is 7.52. The van der Waals surface area contributed by atoms with Crippen molar-refractivity contribution in [2.45, 2.75) is 51.3 Å². The van der Waals surface area contributed by atoms with Crippen molar-refractivity contribution >= 4 is 39.8 Å². The molecule has 1 rings (SSSR count). The van der Waals surface area contributed by atoms with Crippen LogP contribution in [0.4, 0.5) is 0 Å². The van der Waals surface area contributed by atoms with Crippen molar-refractivity contribution in [1.82, 2.24) is 10.6 Å². The van der Waals surface area contributed by atoms with Crippen molar-refractivity contribution in [3.63, 3.8) is 0 Å². The topological polar surface area (TPSA) is 70.6 Å². The smallest absolute Gasteiger partial charge is 0.191 e. The number of nitrogens with zero attached hydrogens (tertiary/aromatic N) is 1. The molecule has 2 atom stereocenters. The molecule has 0 amide bonds. The number of halogens is 1. The Balaban J connectivity index is 0.00000576. The van der Waals surface area contributed by atoms with Gasteiger partial charge in [-0.25, -0.2) is 8.42 Å². The molecule has 2 N–H and O–H groups in total. The first kappa shape index (κ1) is 24.2. The van der Waals surface area contributed by atoms with Gasteiger partial charge in [-0.2, -0.15) is 0 Å². The Morgan fingerprint density at radius 3 is 2.20 bits per heavy atom. The molecule has 0 fully saturated rings. The molecule has 0 radical (unpaired) electrons. The van der Waals surface area contributed by atoms with Crippen molar-refractivity contribution in [2.24, 2.45) is 4.99 Å². The van der Waals surface area contributed by atoms with Crippen molar-refractivity contribution in [3.05, 3.63) is 35.9 Å². The van der Waals surface area contributed by atoms with Crippen LogP contribution in [0.25, 0.3) is 0 Å². The number of benzene rings is 1. The predicted molar refractivity (Wildman–Crippen MR) is 118 cm³/mol. The highest BCUT2D eigenvalue weighted by Gasteiger charge is 2.28. The van der Waals surface area contributed by atoms with Gasteiger partial charge >= 0.3 is 0 Å². The van der Waals surface area contributed by atoms with Crippen molar-refractivity contribution in [1.29, 1.82) is 0 Å². The van der Waals surface area contributed by atoms with Gasteiger partial charge in [-0.05, 0) is 33.3 Å². The van der Waals surface area contributed by atoms with Crippen LogP contribution in [0.15, 0.2) is 35.3 Å². The largest absolute Gasteiger partial charge is 0.355 e. The molecule has 0 bridgehead atoms. The average molecular weight is 481 g/mol. The van der Waals surface area contributed by atoms with Gasteiger partial charge in [-0.1, -0.05) is 37.3 Å². The van der Waals surface area contributed by atoms with Gasteiger partial charge in [-0.3, -0.25) is 4.99 Å². The van der Waals surface area contributed by atoms with Gasteiger partial charge in [0.2, 0.25) is 0 Å². The van der Waals surface area contributed by atoms with Crippen LogP contribution in [0.3, 0.4) is 0 Å². The van der Waals surface area contributed by atoms with Crippen LogP contribution in [-0.4, -0.2) is 44.5 Å². The lowest BCUT2D eigenvalue weighted by molar-refractivity contribution is 0.548. The third-order valence-corrected chi connectivity index (χ3v) is 6.87. The van der Waals surface area contributed by atoms with E-state index in [0.29, 0.717) is 18.4 Å². The Hall–Kier alpha value is -0.830. The average Bonchev–Trinajstić information content (AvgIpc) is 2.52. The SMILES string of the molecule is CN=C(NCCS(=O)(=O)C(C)(C)C)NC(C)C(C)c1ccccc1.I. The lowest BCUT2D eigenvalue weighted by atomic mass is 9.94. The minimum Gasteiger partial charge on any atom is -0.355 e. The summed E-state index contributed by atoms with van der Waals surface area (Å²) in [5, 5.41) is 6.43. The summed E-state index contributed by atoms with van der Waals surface area (Å²) >= 11 is 0.